The van der Waals surface area contributed by atoms with E-state index in [0.29, 0.717) is 6.04 Å². The van der Waals surface area contributed by atoms with Crippen LogP contribution in [-0.4, -0.2) is 7.05 Å². The molecule has 112 valence electrons. The average molecular weight is 364 g/mol. The summed E-state index contributed by atoms with van der Waals surface area (Å²) in [6.07, 6.45) is 0. The van der Waals surface area contributed by atoms with Gasteiger partial charge >= 0.3 is 0 Å². The van der Waals surface area contributed by atoms with E-state index < -0.39 is 0 Å². The molecule has 2 rings (SSSR count). The number of hydrogen-bond donors (Lipinski definition) is 1. The lowest BCUT2D eigenvalue weighted by atomic mass is 10.1. The Hall–Kier alpha value is -0.770. The van der Waals surface area contributed by atoms with Crippen molar-refractivity contribution >= 4 is 27.7 Å². The lowest BCUT2D eigenvalue weighted by molar-refractivity contribution is 0.649. The number of thioether (sulfide) groups is 1. The van der Waals surface area contributed by atoms with Crippen LogP contribution in [0.1, 0.15) is 35.2 Å². The van der Waals surface area contributed by atoms with Crippen LogP contribution in [0.4, 0.5) is 0 Å². The zero-order valence-corrected chi connectivity index (χ0v) is 15.4. The van der Waals surface area contributed by atoms with Crippen LogP contribution in [0, 0.1) is 13.8 Å². The number of benzene rings is 2. The molecule has 1 nitrogen and oxygen atoms in total. The Labute approximate surface area is 140 Å². The first-order chi connectivity index (χ1) is 9.99. The highest BCUT2D eigenvalue weighted by atomic mass is 79.9. The molecule has 0 aliphatic carbocycles. The molecule has 21 heavy (non-hydrogen) atoms. The summed E-state index contributed by atoms with van der Waals surface area (Å²) in [5.41, 5.74) is 5.37. The fourth-order valence-electron chi connectivity index (χ4n) is 2.42. The second-order valence-electron chi connectivity index (χ2n) is 5.48. The lowest BCUT2D eigenvalue weighted by Gasteiger charge is -2.14. The van der Waals surface area contributed by atoms with Crippen molar-refractivity contribution in [1.29, 1.82) is 0 Å². The number of nitrogens with one attached hydrogen (secondary N) is 1. The van der Waals surface area contributed by atoms with Gasteiger partial charge in [0.05, 0.1) is 0 Å². The van der Waals surface area contributed by atoms with Crippen molar-refractivity contribution in [2.75, 3.05) is 7.05 Å². The van der Waals surface area contributed by atoms with E-state index in [1.54, 1.807) is 0 Å². The fourth-order valence-corrected chi connectivity index (χ4v) is 4.16. The minimum absolute atomic E-state index is 0.359. The summed E-state index contributed by atoms with van der Waals surface area (Å²) in [6, 6.07) is 13.8. The van der Waals surface area contributed by atoms with E-state index in [1.807, 2.05) is 18.8 Å². The molecule has 0 saturated heterocycles. The summed E-state index contributed by atoms with van der Waals surface area (Å²) in [6.45, 7) is 6.49. The maximum atomic E-state index is 3.68. The Kier molecular flexibility index (Phi) is 5.91. The first-order valence-electron chi connectivity index (χ1n) is 7.16. The highest BCUT2D eigenvalue weighted by molar-refractivity contribution is 9.10. The predicted octanol–water partition coefficient (Wildman–Crippen LogP) is 5.64. The Morgan fingerprint density at radius 3 is 2.33 bits per heavy atom. The third kappa shape index (κ3) is 4.60. The zero-order valence-electron chi connectivity index (χ0n) is 13.0. The van der Waals surface area contributed by atoms with Crippen LogP contribution in [0.25, 0.3) is 0 Å². The number of halogens is 1. The largest absolute Gasteiger partial charge is 0.313 e. The molecule has 0 spiro atoms. The van der Waals surface area contributed by atoms with Crippen molar-refractivity contribution in [3.8, 4) is 0 Å². The Balaban J connectivity index is 2.08. The van der Waals surface area contributed by atoms with Crippen LogP contribution in [0.15, 0.2) is 45.8 Å². The quantitative estimate of drug-likeness (QED) is 0.689. The number of aryl methyl sites for hydroxylation is 2. The molecule has 1 N–H and O–H groups in total. The predicted molar refractivity (Wildman–Crippen MR) is 97.1 cm³/mol. The van der Waals surface area contributed by atoms with Crippen molar-refractivity contribution in [3.63, 3.8) is 0 Å². The van der Waals surface area contributed by atoms with Crippen molar-refractivity contribution < 1.29 is 0 Å². The maximum absolute atomic E-state index is 3.68. The Morgan fingerprint density at radius 1 is 1.10 bits per heavy atom. The summed E-state index contributed by atoms with van der Waals surface area (Å²) < 4.78 is 1.18. The zero-order chi connectivity index (χ0) is 15.4. The van der Waals surface area contributed by atoms with Gasteiger partial charge < -0.3 is 5.32 Å². The monoisotopic (exact) mass is 363 g/mol. The van der Waals surface area contributed by atoms with E-state index in [0.717, 1.165) is 5.75 Å². The van der Waals surface area contributed by atoms with E-state index >= 15 is 0 Å². The van der Waals surface area contributed by atoms with Crippen molar-refractivity contribution in [1.82, 2.24) is 5.32 Å². The molecule has 0 saturated carbocycles. The van der Waals surface area contributed by atoms with Crippen LogP contribution in [0.3, 0.4) is 0 Å². The van der Waals surface area contributed by atoms with E-state index in [-0.39, 0.29) is 0 Å². The topological polar surface area (TPSA) is 12.0 Å². The third-order valence-electron chi connectivity index (χ3n) is 3.56. The Morgan fingerprint density at radius 2 is 1.76 bits per heavy atom. The van der Waals surface area contributed by atoms with Crippen molar-refractivity contribution in [3.05, 3.63) is 63.1 Å². The minimum atomic E-state index is 0.359. The van der Waals surface area contributed by atoms with Crippen molar-refractivity contribution in [2.45, 2.75) is 37.5 Å². The van der Waals surface area contributed by atoms with E-state index in [4.69, 9.17) is 0 Å². The van der Waals surface area contributed by atoms with Crippen LogP contribution in [0.2, 0.25) is 0 Å². The highest BCUT2D eigenvalue weighted by Gasteiger charge is 2.08. The molecule has 0 amide bonds. The summed E-state index contributed by atoms with van der Waals surface area (Å²) in [4.78, 5) is 1.30. The van der Waals surface area contributed by atoms with E-state index in [1.165, 1.54) is 31.6 Å². The van der Waals surface area contributed by atoms with Crippen LogP contribution < -0.4 is 5.32 Å². The summed E-state index contributed by atoms with van der Waals surface area (Å²) in [5, 5.41) is 3.28. The molecule has 2 aromatic carbocycles. The number of rotatable bonds is 5. The number of hydrogen-bond acceptors (Lipinski definition) is 2. The van der Waals surface area contributed by atoms with Gasteiger partial charge in [-0.25, -0.2) is 0 Å². The molecule has 0 radical (unpaired) electrons. The summed E-state index contributed by atoms with van der Waals surface area (Å²) in [7, 11) is 1.99. The first-order valence-corrected chi connectivity index (χ1v) is 8.94. The first kappa shape index (κ1) is 16.6. The van der Waals surface area contributed by atoms with Gasteiger partial charge in [0, 0.05) is 21.2 Å². The Bertz CT molecular complexity index is 604. The minimum Gasteiger partial charge on any atom is -0.313 e. The molecule has 2 aromatic rings. The molecule has 0 aromatic heterocycles. The average Bonchev–Trinajstić information content (AvgIpc) is 2.43. The smallest absolute Gasteiger partial charge is 0.0300 e. The van der Waals surface area contributed by atoms with Gasteiger partial charge in [-0.3, -0.25) is 0 Å². The normalized spacial score (nSPS) is 12.4. The van der Waals surface area contributed by atoms with Gasteiger partial charge in [0.1, 0.15) is 0 Å². The molecule has 0 heterocycles. The SMILES string of the molecule is CNC(C)c1ccc(SCc2cc(C)cc(C)c2)cc1Br. The standard InChI is InChI=1S/C18H22BrNS/c1-12-7-13(2)9-15(8-12)11-21-16-5-6-17(14(3)20-4)18(19)10-16/h5-10,14,20H,11H2,1-4H3. The molecule has 1 atom stereocenters. The molecule has 1 unspecified atom stereocenters. The van der Waals surface area contributed by atoms with Crippen LogP contribution in [0.5, 0.6) is 0 Å². The van der Waals surface area contributed by atoms with Gasteiger partial charge in [-0.15, -0.1) is 11.8 Å². The van der Waals surface area contributed by atoms with E-state index in [9.17, 15) is 0 Å². The van der Waals surface area contributed by atoms with Crippen LogP contribution in [-0.2, 0) is 5.75 Å². The van der Waals surface area contributed by atoms with Gasteiger partial charge in [-0.2, -0.15) is 0 Å². The second-order valence-corrected chi connectivity index (χ2v) is 7.38. The molecular formula is C18H22BrNS. The third-order valence-corrected chi connectivity index (χ3v) is 5.31. The van der Waals surface area contributed by atoms with Crippen LogP contribution >= 0.6 is 27.7 Å². The lowest BCUT2D eigenvalue weighted by Crippen LogP contribution is -2.12. The molecule has 3 heteroatoms. The molecule has 0 aliphatic rings. The summed E-state index contributed by atoms with van der Waals surface area (Å²) >= 11 is 5.57. The fraction of sp³-hybridized carbons (Fsp3) is 0.333. The van der Waals surface area contributed by atoms with Gasteiger partial charge in [0.15, 0.2) is 0 Å². The maximum Gasteiger partial charge on any atom is 0.0300 e. The van der Waals surface area contributed by atoms with Gasteiger partial charge in [-0.05, 0) is 51.1 Å². The summed E-state index contributed by atoms with van der Waals surface area (Å²) in [5.74, 6) is 1.01. The molecule has 0 aliphatic heterocycles. The molecular weight excluding hydrogens is 342 g/mol. The van der Waals surface area contributed by atoms with Gasteiger partial charge in [0.2, 0.25) is 0 Å². The van der Waals surface area contributed by atoms with Gasteiger partial charge in [0.25, 0.3) is 0 Å². The van der Waals surface area contributed by atoms with Gasteiger partial charge in [-0.1, -0.05) is 51.3 Å². The van der Waals surface area contributed by atoms with E-state index in [2.05, 4.69) is 78.4 Å². The highest BCUT2D eigenvalue weighted by Crippen LogP contribution is 2.30. The van der Waals surface area contributed by atoms with Crippen molar-refractivity contribution in [2.24, 2.45) is 0 Å². The molecule has 0 fully saturated rings. The molecule has 0 bridgehead atoms. The second kappa shape index (κ2) is 7.48.